The molecule has 4 nitrogen and oxygen atoms in total. The van der Waals surface area contributed by atoms with Gasteiger partial charge in [-0.15, -0.1) is 0 Å². The van der Waals surface area contributed by atoms with Crippen molar-refractivity contribution in [3.63, 3.8) is 0 Å². The summed E-state index contributed by atoms with van der Waals surface area (Å²) in [7, 11) is 0. The Morgan fingerprint density at radius 1 is 1.60 bits per heavy atom. The maximum absolute atomic E-state index is 11.3. The minimum absolute atomic E-state index is 0.0483. The van der Waals surface area contributed by atoms with Crippen molar-refractivity contribution in [3.05, 3.63) is 12.8 Å². The monoisotopic (exact) mass is 214 g/mol. The van der Waals surface area contributed by atoms with Crippen LogP contribution in [0.4, 0.5) is 0 Å². The van der Waals surface area contributed by atoms with Gasteiger partial charge in [0, 0.05) is 18.5 Å². The molecule has 0 unspecified atom stereocenters. The van der Waals surface area contributed by atoms with Crippen molar-refractivity contribution in [2.75, 3.05) is 13.2 Å². The number of carbonyl (C=O) groups is 1. The van der Waals surface area contributed by atoms with E-state index in [4.69, 9.17) is 10.5 Å². The Balaban J connectivity index is 3.38. The van der Waals surface area contributed by atoms with Crippen molar-refractivity contribution >= 4 is 5.91 Å². The molecule has 0 radical (unpaired) electrons. The molecule has 15 heavy (non-hydrogen) atoms. The molecule has 88 valence electrons. The summed E-state index contributed by atoms with van der Waals surface area (Å²) in [6.07, 6.45) is 3.37. The van der Waals surface area contributed by atoms with Crippen molar-refractivity contribution in [2.24, 2.45) is 5.73 Å². The smallest absolute Gasteiger partial charge is 0.220 e. The maximum Gasteiger partial charge on any atom is 0.220 e. The molecule has 4 heteroatoms. The van der Waals surface area contributed by atoms with Gasteiger partial charge < -0.3 is 15.8 Å². The highest BCUT2D eigenvalue weighted by Crippen LogP contribution is 2.06. The first-order valence-corrected chi connectivity index (χ1v) is 5.24. The second-order valence-corrected chi connectivity index (χ2v) is 4.23. The minimum atomic E-state index is -0.275. The summed E-state index contributed by atoms with van der Waals surface area (Å²) >= 11 is 0. The number of nitrogens with two attached hydrogens (primary N) is 1. The quantitative estimate of drug-likeness (QED) is 0.471. The molecule has 0 atom stereocenters. The fourth-order valence-electron chi connectivity index (χ4n) is 0.991. The van der Waals surface area contributed by atoms with Crippen molar-refractivity contribution in [1.82, 2.24) is 5.32 Å². The molecule has 0 fully saturated rings. The number of hydrogen-bond donors (Lipinski definition) is 2. The number of carbonyl (C=O) groups excluding carboxylic acids is 1. The fraction of sp³-hybridized carbons (Fsp3) is 0.727. The summed E-state index contributed by atoms with van der Waals surface area (Å²) in [6, 6.07) is 0. The van der Waals surface area contributed by atoms with Gasteiger partial charge in [-0.25, -0.2) is 0 Å². The van der Waals surface area contributed by atoms with Gasteiger partial charge >= 0.3 is 0 Å². The zero-order valence-electron chi connectivity index (χ0n) is 9.71. The molecule has 0 heterocycles. The Labute approximate surface area is 91.9 Å². The van der Waals surface area contributed by atoms with E-state index in [9.17, 15) is 4.79 Å². The Bertz CT molecular complexity index is 197. The van der Waals surface area contributed by atoms with E-state index in [-0.39, 0.29) is 11.4 Å². The molecule has 0 spiro atoms. The average Bonchev–Trinajstić information content (AvgIpc) is 2.13. The van der Waals surface area contributed by atoms with E-state index in [2.05, 4.69) is 11.9 Å². The number of nitrogens with one attached hydrogen (secondary N) is 1. The molecule has 3 N–H and O–H groups in total. The third-order valence-corrected chi connectivity index (χ3v) is 1.88. The topological polar surface area (TPSA) is 64.3 Å². The molecule has 0 aliphatic rings. The van der Waals surface area contributed by atoms with Crippen molar-refractivity contribution in [3.8, 4) is 0 Å². The SMILES string of the molecule is C=COCCCNC(=O)CCC(C)(C)N. The van der Waals surface area contributed by atoms with E-state index in [0.717, 1.165) is 6.42 Å². The van der Waals surface area contributed by atoms with E-state index in [1.165, 1.54) is 6.26 Å². The van der Waals surface area contributed by atoms with Gasteiger partial charge in [-0.3, -0.25) is 4.79 Å². The predicted molar refractivity (Wildman–Crippen MR) is 61.3 cm³/mol. The average molecular weight is 214 g/mol. The van der Waals surface area contributed by atoms with Gasteiger partial charge in [0.15, 0.2) is 0 Å². The highest BCUT2D eigenvalue weighted by molar-refractivity contribution is 5.75. The second-order valence-electron chi connectivity index (χ2n) is 4.23. The first-order valence-electron chi connectivity index (χ1n) is 5.24. The van der Waals surface area contributed by atoms with Crippen LogP contribution in [-0.2, 0) is 9.53 Å². The Morgan fingerprint density at radius 3 is 2.80 bits per heavy atom. The summed E-state index contributed by atoms with van der Waals surface area (Å²) in [5.74, 6) is 0.0483. The van der Waals surface area contributed by atoms with Crippen LogP contribution in [0.1, 0.15) is 33.1 Å². The van der Waals surface area contributed by atoms with E-state index >= 15 is 0 Å². The molecule has 0 saturated heterocycles. The van der Waals surface area contributed by atoms with Gasteiger partial charge in [0.25, 0.3) is 0 Å². The summed E-state index contributed by atoms with van der Waals surface area (Å²) < 4.78 is 4.92. The molecule has 0 aromatic heterocycles. The normalized spacial score (nSPS) is 10.9. The summed E-state index contributed by atoms with van der Waals surface area (Å²) in [5, 5.41) is 2.81. The molecular weight excluding hydrogens is 192 g/mol. The van der Waals surface area contributed by atoms with Gasteiger partial charge in [-0.05, 0) is 26.7 Å². The van der Waals surface area contributed by atoms with Gasteiger partial charge in [-0.2, -0.15) is 0 Å². The largest absolute Gasteiger partial charge is 0.502 e. The minimum Gasteiger partial charge on any atom is -0.502 e. The fourth-order valence-corrected chi connectivity index (χ4v) is 0.991. The van der Waals surface area contributed by atoms with Crippen LogP contribution in [0.2, 0.25) is 0 Å². The number of ether oxygens (including phenoxy) is 1. The summed E-state index contributed by atoms with van der Waals surface area (Å²) in [5.41, 5.74) is 5.49. The summed E-state index contributed by atoms with van der Waals surface area (Å²) in [4.78, 5) is 11.3. The van der Waals surface area contributed by atoms with Crippen molar-refractivity contribution < 1.29 is 9.53 Å². The highest BCUT2D eigenvalue weighted by atomic mass is 16.5. The number of hydrogen-bond acceptors (Lipinski definition) is 3. The first kappa shape index (κ1) is 14.0. The Hall–Kier alpha value is -1.03. The maximum atomic E-state index is 11.3. The predicted octanol–water partition coefficient (Wildman–Crippen LogP) is 1.17. The van der Waals surface area contributed by atoms with Crippen LogP contribution < -0.4 is 11.1 Å². The second kappa shape index (κ2) is 7.29. The van der Waals surface area contributed by atoms with Crippen LogP contribution in [0.15, 0.2) is 12.8 Å². The van der Waals surface area contributed by atoms with Gasteiger partial charge in [0.1, 0.15) is 0 Å². The van der Waals surface area contributed by atoms with Crippen LogP contribution in [0, 0.1) is 0 Å². The van der Waals surface area contributed by atoms with E-state index in [0.29, 0.717) is 26.0 Å². The van der Waals surface area contributed by atoms with Crippen molar-refractivity contribution in [2.45, 2.75) is 38.6 Å². The number of amides is 1. The lowest BCUT2D eigenvalue weighted by molar-refractivity contribution is -0.121. The molecule has 0 aromatic rings. The van der Waals surface area contributed by atoms with Crippen LogP contribution in [0.25, 0.3) is 0 Å². The van der Waals surface area contributed by atoms with E-state index in [1.807, 2.05) is 13.8 Å². The van der Waals surface area contributed by atoms with Crippen LogP contribution >= 0.6 is 0 Å². The number of rotatable bonds is 8. The van der Waals surface area contributed by atoms with Gasteiger partial charge in [-0.1, -0.05) is 6.58 Å². The zero-order valence-corrected chi connectivity index (χ0v) is 9.71. The molecule has 0 aliphatic carbocycles. The molecule has 0 bridgehead atoms. The summed E-state index contributed by atoms with van der Waals surface area (Å²) in [6.45, 7) is 8.48. The first-order chi connectivity index (χ1) is 6.95. The van der Waals surface area contributed by atoms with Gasteiger partial charge in [0.2, 0.25) is 5.91 Å². The van der Waals surface area contributed by atoms with Crippen LogP contribution in [0.3, 0.4) is 0 Å². The third kappa shape index (κ3) is 10.9. The molecule has 0 rings (SSSR count). The van der Waals surface area contributed by atoms with Crippen molar-refractivity contribution in [1.29, 1.82) is 0 Å². The molecule has 0 aliphatic heterocycles. The highest BCUT2D eigenvalue weighted by Gasteiger charge is 2.12. The van der Waals surface area contributed by atoms with E-state index in [1.54, 1.807) is 0 Å². The van der Waals surface area contributed by atoms with Crippen LogP contribution in [-0.4, -0.2) is 24.6 Å². The van der Waals surface area contributed by atoms with Gasteiger partial charge in [0.05, 0.1) is 12.9 Å². The lowest BCUT2D eigenvalue weighted by atomic mass is 10.00. The van der Waals surface area contributed by atoms with Crippen LogP contribution in [0.5, 0.6) is 0 Å². The third-order valence-electron chi connectivity index (χ3n) is 1.88. The molecule has 0 aromatic carbocycles. The standard InChI is InChI=1S/C11H22N2O2/c1-4-15-9-5-8-13-10(14)6-7-11(2,3)12/h4H,1,5-9,12H2,2-3H3,(H,13,14). The molecule has 1 amide bonds. The lowest BCUT2D eigenvalue weighted by Crippen LogP contribution is -2.34. The van der Waals surface area contributed by atoms with E-state index < -0.39 is 0 Å². The Morgan fingerprint density at radius 2 is 2.27 bits per heavy atom. The molecule has 0 saturated carbocycles. The Kier molecular flexibility index (Phi) is 6.79. The molecular formula is C11H22N2O2. The lowest BCUT2D eigenvalue weighted by Gasteiger charge is -2.17. The zero-order chi connectivity index (χ0) is 11.7.